The number of rotatable bonds is 5. The molecule has 1 amide bonds. The number of hydrogen-bond acceptors (Lipinski definition) is 7. The number of nitriles is 1. The van der Waals surface area contributed by atoms with Crippen LogP contribution in [0.1, 0.15) is 17.5 Å². The molecule has 0 bridgehead atoms. The Labute approximate surface area is 158 Å². The summed E-state index contributed by atoms with van der Waals surface area (Å²) in [4.78, 5) is 26.3. The fourth-order valence-corrected chi connectivity index (χ4v) is 3.23. The molecule has 0 spiro atoms. The highest BCUT2D eigenvalue weighted by molar-refractivity contribution is 8.15. The number of amidine groups is 1. The Morgan fingerprint density at radius 2 is 2.11 bits per heavy atom. The highest BCUT2D eigenvalue weighted by atomic mass is 32.2. The molecule has 1 aromatic carbocycles. The van der Waals surface area contributed by atoms with Crippen LogP contribution in [0.2, 0.25) is 0 Å². The Morgan fingerprint density at radius 1 is 1.33 bits per heavy atom. The fourth-order valence-electron chi connectivity index (χ4n) is 2.31. The Balaban J connectivity index is 1.65. The largest absolute Gasteiger partial charge is 0.481 e. The third-order valence-corrected chi connectivity index (χ3v) is 4.68. The number of thioether (sulfide) groups is 1. The van der Waals surface area contributed by atoms with Crippen molar-refractivity contribution in [1.29, 1.82) is 5.26 Å². The van der Waals surface area contributed by atoms with E-state index in [-0.39, 0.29) is 17.5 Å². The number of carbonyl (C=O) groups excluding carboxylic acids is 1. The van der Waals surface area contributed by atoms with Gasteiger partial charge in [-0.25, -0.2) is 0 Å². The van der Waals surface area contributed by atoms with Gasteiger partial charge in [-0.15, -0.1) is 5.10 Å². The number of carboxylic acid groups (broad SMARTS) is 1. The fraction of sp³-hybridized carbons (Fsp3) is 0.111. The summed E-state index contributed by atoms with van der Waals surface area (Å²) in [5.74, 6) is -1.42. The van der Waals surface area contributed by atoms with Crippen LogP contribution in [-0.2, 0) is 9.59 Å². The van der Waals surface area contributed by atoms with Crippen molar-refractivity contribution >= 4 is 35.0 Å². The molecule has 1 unspecified atom stereocenters. The van der Waals surface area contributed by atoms with Crippen molar-refractivity contribution in [1.82, 2.24) is 10.3 Å². The summed E-state index contributed by atoms with van der Waals surface area (Å²) in [7, 11) is 0. The van der Waals surface area contributed by atoms with Crippen molar-refractivity contribution in [2.24, 2.45) is 10.2 Å². The van der Waals surface area contributed by atoms with E-state index in [0.29, 0.717) is 5.56 Å². The van der Waals surface area contributed by atoms with Gasteiger partial charge in [0.1, 0.15) is 11.3 Å². The van der Waals surface area contributed by atoms with Gasteiger partial charge < -0.3 is 10.4 Å². The van der Waals surface area contributed by atoms with Crippen LogP contribution in [0.15, 0.2) is 52.9 Å². The van der Waals surface area contributed by atoms with E-state index in [1.807, 2.05) is 24.3 Å². The van der Waals surface area contributed by atoms with Crippen molar-refractivity contribution in [3.63, 3.8) is 0 Å². The molecular weight excluding hydrogens is 366 g/mol. The maximum Gasteiger partial charge on any atom is 0.305 e. The van der Waals surface area contributed by atoms with Gasteiger partial charge in [0.2, 0.25) is 5.91 Å². The first kappa shape index (κ1) is 18.3. The smallest absolute Gasteiger partial charge is 0.305 e. The monoisotopic (exact) mass is 379 g/mol. The SMILES string of the molecule is N#Cc1cncc(-c2ccc(C=NN=C3NC(=O)C(CC(=O)O)S3)cc2)c1. The molecule has 0 saturated carbocycles. The highest BCUT2D eigenvalue weighted by Crippen LogP contribution is 2.22. The van der Waals surface area contributed by atoms with E-state index in [2.05, 4.69) is 26.6 Å². The van der Waals surface area contributed by atoms with Crippen LogP contribution in [0, 0.1) is 11.3 Å². The quantitative estimate of drug-likeness (QED) is 0.604. The molecule has 1 aromatic heterocycles. The lowest BCUT2D eigenvalue weighted by Gasteiger charge is -2.01. The normalized spacial score (nSPS) is 17.8. The zero-order chi connectivity index (χ0) is 19.2. The molecule has 134 valence electrons. The van der Waals surface area contributed by atoms with Crippen molar-refractivity contribution in [3.8, 4) is 17.2 Å². The van der Waals surface area contributed by atoms with Crippen LogP contribution in [0.3, 0.4) is 0 Å². The molecule has 1 aliphatic heterocycles. The van der Waals surface area contributed by atoms with E-state index in [1.165, 1.54) is 12.4 Å². The van der Waals surface area contributed by atoms with E-state index in [9.17, 15) is 9.59 Å². The second-order valence-corrected chi connectivity index (χ2v) is 6.73. The highest BCUT2D eigenvalue weighted by Gasteiger charge is 2.32. The van der Waals surface area contributed by atoms with Crippen LogP contribution < -0.4 is 5.32 Å². The summed E-state index contributed by atoms with van der Waals surface area (Å²) in [5, 5.41) is 27.6. The van der Waals surface area contributed by atoms with Gasteiger partial charge in [-0.1, -0.05) is 36.0 Å². The number of nitrogens with zero attached hydrogens (tertiary/aromatic N) is 4. The summed E-state index contributed by atoms with van der Waals surface area (Å²) in [6, 6.07) is 11.2. The molecule has 0 aliphatic carbocycles. The minimum Gasteiger partial charge on any atom is -0.481 e. The molecule has 2 N–H and O–H groups in total. The van der Waals surface area contributed by atoms with Crippen LogP contribution in [-0.4, -0.2) is 38.6 Å². The number of nitrogens with one attached hydrogen (secondary N) is 1. The number of pyridine rings is 1. The number of benzene rings is 1. The summed E-state index contributed by atoms with van der Waals surface area (Å²) in [5.41, 5.74) is 3.04. The minimum absolute atomic E-state index is 0.261. The summed E-state index contributed by atoms with van der Waals surface area (Å²) in [6.45, 7) is 0. The molecular formula is C18H13N5O3S. The van der Waals surface area contributed by atoms with Gasteiger partial charge in [-0.3, -0.25) is 14.6 Å². The van der Waals surface area contributed by atoms with Crippen molar-refractivity contribution in [2.75, 3.05) is 0 Å². The second kappa shape index (κ2) is 8.25. The molecule has 1 atom stereocenters. The number of carboxylic acids is 1. The van der Waals surface area contributed by atoms with E-state index < -0.39 is 11.2 Å². The lowest BCUT2D eigenvalue weighted by Crippen LogP contribution is -2.26. The van der Waals surface area contributed by atoms with Crippen molar-refractivity contribution in [3.05, 3.63) is 53.9 Å². The van der Waals surface area contributed by atoms with Gasteiger partial charge in [0.05, 0.1) is 18.2 Å². The third kappa shape index (κ3) is 4.77. The predicted octanol–water partition coefficient (Wildman–Crippen LogP) is 2.02. The van der Waals surface area contributed by atoms with Crippen LogP contribution in [0.5, 0.6) is 0 Å². The minimum atomic E-state index is -1.04. The molecule has 8 nitrogen and oxygen atoms in total. The standard InChI is InChI=1S/C18H13N5O3S/c19-7-12-5-14(10-20-8-12)13-3-1-11(2-4-13)9-21-23-18-22-17(26)15(27-18)6-16(24)25/h1-5,8-10,15H,6H2,(H,24,25)(H,22,23,26). The van der Waals surface area contributed by atoms with Crippen molar-refractivity contribution in [2.45, 2.75) is 11.7 Å². The average Bonchev–Trinajstić information content (AvgIpc) is 3.01. The molecule has 9 heteroatoms. The van der Waals surface area contributed by atoms with Gasteiger partial charge in [-0.05, 0) is 17.2 Å². The van der Waals surface area contributed by atoms with Crippen LogP contribution in [0.4, 0.5) is 0 Å². The van der Waals surface area contributed by atoms with E-state index in [4.69, 9.17) is 10.4 Å². The first-order chi connectivity index (χ1) is 13.0. The maximum absolute atomic E-state index is 11.6. The number of hydrogen-bond donors (Lipinski definition) is 2. The molecule has 1 saturated heterocycles. The zero-order valence-corrected chi connectivity index (χ0v) is 14.7. The van der Waals surface area contributed by atoms with E-state index >= 15 is 0 Å². The van der Waals surface area contributed by atoms with Gasteiger partial charge >= 0.3 is 5.97 Å². The van der Waals surface area contributed by atoms with E-state index in [0.717, 1.165) is 28.5 Å². The summed E-state index contributed by atoms with van der Waals surface area (Å²) in [6.07, 6.45) is 4.45. The molecule has 1 aliphatic rings. The molecule has 1 fully saturated rings. The Bertz CT molecular complexity index is 979. The average molecular weight is 379 g/mol. The van der Waals surface area contributed by atoms with E-state index in [1.54, 1.807) is 12.3 Å². The molecule has 0 radical (unpaired) electrons. The summed E-state index contributed by atoms with van der Waals surface area (Å²) >= 11 is 1.05. The Hall–Kier alpha value is -3.51. The van der Waals surface area contributed by atoms with Gasteiger partial charge in [-0.2, -0.15) is 10.4 Å². The maximum atomic E-state index is 11.6. The second-order valence-electron chi connectivity index (χ2n) is 5.54. The zero-order valence-electron chi connectivity index (χ0n) is 13.9. The van der Waals surface area contributed by atoms with Crippen LogP contribution in [0.25, 0.3) is 11.1 Å². The first-order valence-electron chi connectivity index (χ1n) is 7.81. The molecule has 2 aromatic rings. The number of amides is 1. The van der Waals surface area contributed by atoms with Gasteiger partial charge in [0.25, 0.3) is 0 Å². The number of aliphatic carboxylic acids is 1. The predicted molar refractivity (Wildman–Crippen MR) is 101 cm³/mol. The third-order valence-electron chi connectivity index (χ3n) is 3.60. The first-order valence-corrected chi connectivity index (χ1v) is 8.69. The molecule has 3 rings (SSSR count). The molecule has 27 heavy (non-hydrogen) atoms. The topological polar surface area (TPSA) is 128 Å². The van der Waals surface area contributed by atoms with Crippen LogP contribution >= 0.6 is 11.8 Å². The number of carbonyl (C=O) groups is 2. The van der Waals surface area contributed by atoms with Gasteiger partial charge in [0.15, 0.2) is 5.17 Å². The van der Waals surface area contributed by atoms with Crippen molar-refractivity contribution < 1.29 is 14.7 Å². The summed E-state index contributed by atoms with van der Waals surface area (Å²) < 4.78 is 0. The number of aromatic nitrogens is 1. The lowest BCUT2D eigenvalue weighted by molar-refractivity contribution is -0.138. The molecule has 2 heterocycles. The lowest BCUT2D eigenvalue weighted by atomic mass is 10.0. The Morgan fingerprint density at radius 3 is 2.81 bits per heavy atom. The Kier molecular flexibility index (Phi) is 5.58. The van der Waals surface area contributed by atoms with Gasteiger partial charge in [0, 0.05) is 18.0 Å².